The summed E-state index contributed by atoms with van der Waals surface area (Å²) in [6.45, 7) is 4.58. The van der Waals surface area contributed by atoms with E-state index in [1.54, 1.807) is 7.11 Å². The molecule has 1 saturated heterocycles. The molecule has 1 fully saturated rings. The molecule has 0 unspecified atom stereocenters. The lowest BCUT2D eigenvalue weighted by Crippen LogP contribution is -2.33. The Balaban J connectivity index is 1.95. The second-order valence-corrected chi connectivity index (χ2v) is 5.06. The summed E-state index contributed by atoms with van der Waals surface area (Å²) >= 11 is 0. The predicted molar refractivity (Wildman–Crippen MR) is 76.8 cm³/mol. The van der Waals surface area contributed by atoms with Crippen LogP contribution in [0.3, 0.4) is 0 Å². The van der Waals surface area contributed by atoms with Crippen molar-refractivity contribution in [3.63, 3.8) is 0 Å². The van der Waals surface area contributed by atoms with Crippen molar-refractivity contribution >= 4 is 11.6 Å². The molecule has 0 saturated carbocycles. The third-order valence-corrected chi connectivity index (χ3v) is 3.71. The van der Waals surface area contributed by atoms with Crippen molar-refractivity contribution in [2.45, 2.75) is 19.8 Å². The van der Waals surface area contributed by atoms with Gasteiger partial charge in [0.2, 0.25) is 5.91 Å². The van der Waals surface area contributed by atoms with E-state index in [1.807, 2.05) is 24.9 Å². The molecule has 104 valence electrons. The second-order valence-electron chi connectivity index (χ2n) is 5.06. The van der Waals surface area contributed by atoms with Gasteiger partial charge in [0.25, 0.3) is 0 Å². The standard InChI is InChI=1S/C15H22N2O2/c1-12-6-7-13(11-14(12)19-3)16(2)9-10-17-8-4-5-15(17)18/h6-7,11H,4-5,8-10H2,1-3H3. The van der Waals surface area contributed by atoms with Crippen molar-refractivity contribution in [2.24, 2.45) is 0 Å². The van der Waals surface area contributed by atoms with Crippen LogP contribution in [-0.2, 0) is 4.79 Å². The normalized spacial score (nSPS) is 14.9. The van der Waals surface area contributed by atoms with Crippen LogP contribution in [0.2, 0.25) is 0 Å². The monoisotopic (exact) mass is 262 g/mol. The number of benzene rings is 1. The van der Waals surface area contributed by atoms with Gasteiger partial charge in [-0.25, -0.2) is 0 Å². The average Bonchev–Trinajstić information content (AvgIpc) is 2.82. The van der Waals surface area contributed by atoms with E-state index in [4.69, 9.17) is 4.74 Å². The molecule has 1 aliphatic heterocycles. The van der Waals surface area contributed by atoms with Crippen molar-refractivity contribution in [2.75, 3.05) is 38.7 Å². The second kappa shape index (κ2) is 5.95. The number of amides is 1. The summed E-state index contributed by atoms with van der Waals surface area (Å²) < 4.78 is 5.34. The molecule has 0 radical (unpaired) electrons. The van der Waals surface area contributed by atoms with Gasteiger partial charge < -0.3 is 14.5 Å². The van der Waals surface area contributed by atoms with Crippen LogP contribution in [0.15, 0.2) is 18.2 Å². The van der Waals surface area contributed by atoms with E-state index in [-0.39, 0.29) is 5.91 Å². The van der Waals surface area contributed by atoms with Gasteiger partial charge in [-0.1, -0.05) is 6.07 Å². The zero-order chi connectivity index (χ0) is 13.8. The Hall–Kier alpha value is -1.71. The molecule has 19 heavy (non-hydrogen) atoms. The number of nitrogens with zero attached hydrogens (tertiary/aromatic N) is 2. The fourth-order valence-corrected chi connectivity index (χ4v) is 2.39. The van der Waals surface area contributed by atoms with E-state index in [0.29, 0.717) is 6.42 Å². The molecule has 0 aliphatic carbocycles. The number of ether oxygens (including phenoxy) is 1. The summed E-state index contributed by atoms with van der Waals surface area (Å²) in [5.41, 5.74) is 2.25. The van der Waals surface area contributed by atoms with Crippen LogP contribution in [-0.4, -0.2) is 44.6 Å². The third kappa shape index (κ3) is 3.19. The number of carbonyl (C=O) groups is 1. The number of methoxy groups -OCH3 is 1. The van der Waals surface area contributed by atoms with Crippen LogP contribution in [0.4, 0.5) is 5.69 Å². The summed E-state index contributed by atoms with van der Waals surface area (Å²) in [7, 11) is 3.74. The van der Waals surface area contributed by atoms with Crippen LogP contribution in [0.5, 0.6) is 5.75 Å². The smallest absolute Gasteiger partial charge is 0.222 e. The van der Waals surface area contributed by atoms with Gasteiger partial charge in [0.15, 0.2) is 0 Å². The summed E-state index contributed by atoms with van der Waals surface area (Å²) in [4.78, 5) is 15.7. The van der Waals surface area contributed by atoms with Crippen LogP contribution in [0.25, 0.3) is 0 Å². The van der Waals surface area contributed by atoms with E-state index in [0.717, 1.165) is 43.1 Å². The molecule has 2 rings (SSSR count). The molecule has 4 nitrogen and oxygen atoms in total. The molecule has 4 heteroatoms. The fourth-order valence-electron chi connectivity index (χ4n) is 2.39. The van der Waals surface area contributed by atoms with Gasteiger partial charge in [-0.3, -0.25) is 4.79 Å². The van der Waals surface area contributed by atoms with Crippen molar-refractivity contribution in [3.05, 3.63) is 23.8 Å². The number of anilines is 1. The maximum Gasteiger partial charge on any atom is 0.222 e. The first-order valence-electron chi connectivity index (χ1n) is 6.75. The Morgan fingerprint density at radius 2 is 2.21 bits per heavy atom. The lowest BCUT2D eigenvalue weighted by Gasteiger charge is -2.24. The predicted octanol–water partition coefficient (Wildman–Crippen LogP) is 2.06. The Kier molecular flexibility index (Phi) is 4.30. The van der Waals surface area contributed by atoms with E-state index in [9.17, 15) is 4.79 Å². The van der Waals surface area contributed by atoms with Crippen LogP contribution in [0, 0.1) is 6.92 Å². The van der Waals surface area contributed by atoms with Crippen LogP contribution >= 0.6 is 0 Å². The first-order chi connectivity index (χ1) is 9.11. The molecule has 0 aromatic heterocycles. The SMILES string of the molecule is COc1cc(N(C)CCN2CCCC2=O)ccc1C. The van der Waals surface area contributed by atoms with Crippen molar-refractivity contribution in [1.29, 1.82) is 0 Å². The van der Waals surface area contributed by atoms with Crippen LogP contribution < -0.4 is 9.64 Å². The number of likely N-dealkylation sites (tertiary alicyclic amines) is 1. The average molecular weight is 262 g/mol. The zero-order valence-electron chi connectivity index (χ0n) is 12.0. The zero-order valence-corrected chi connectivity index (χ0v) is 12.0. The Labute approximate surface area is 115 Å². The molecule has 0 N–H and O–H groups in total. The van der Waals surface area contributed by atoms with E-state index < -0.39 is 0 Å². The molecule has 0 spiro atoms. The summed E-state index contributed by atoms with van der Waals surface area (Å²) in [5, 5.41) is 0. The lowest BCUT2D eigenvalue weighted by atomic mass is 10.2. The van der Waals surface area contributed by atoms with Gasteiger partial charge in [-0.2, -0.15) is 0 Å². The number of hydrogen-bond donors (Lipinski definition) is 0. The van der Waals surface area contributed by atoms with E-state index >= 15 is 0 Å². The van der Waals surface area contributed by atoms with Crippen molar-refractivity contribution in [1.82, 2.24) is 4.90 Å². The molecule has 1 amide bonds. The minimum absolute atomic E-state index is 0.287. The van der Waals surface area contributed by atoms with Crippen LogP contribution in [0.1, 0.15) is 18.4 Å². The van der Waals surface area contributed by atoms with E-state index in [1.165, 1.54) is 0 Å². The Bertz CT molecular complexity index is 459. The topological polar surface area (TPSA) is 32.8 Å². The number of carbonyl (C=O) groups excluding carboxylic acids is 1. The molecule has 1 aromatic rings. The molecule has 0 atom stereocenters. The highest BCUT2D eigenvalue weighted by Crippen LogP contribution is 2.24. The Morgan fingerprint density at radius 3 is 2.84 bits per heavy atom. The van der Waals surface area contributed by atoms with Gasteiger partial charge in [0, 0.05) is 44.9 Å². The third-order valence-electron chi connectivity index (χ3n) is 3.71. The largest absolute Gasteiger partial charge is 0.496 e. The molecule has 1 aliphatic rings. The maximum absolute atomic E-state index is 11.6. The fraction of sp³-hybridized carbons (Fsp3) is 0.533. The Morgan fingerprint density at radius 1 is 1.42 bits per heavy atom. The maximum atomic E-state index is 11.6. The van der Waals surface area contributed by atoms with Gasteiger partial charge in [-0.15, -0.1) is 0 Å². The lowest BCUT2D eigenvalue weighted by molar-refractivity contribution is -0.127. The van der Waals surface area contributed by atoms with Gasteiger partial charge in [0.05, 0.1) is 7.11 Å². The highest BCUT2D eigenvalue weighted by Gasteiger charge is 2.19. The van der Waals surface area contributed by atoms with Gasteiger partial charge in [-0.05, 0) is 25.0 Å². The van der Waals surface area contributed by atoms with Crippen molar-refractivity contribution in [3.8, 4) is 5.75 Å². The first kappa shape index (κ1) is 13.7. The molecule has 1 aromatic carbocycles. The number of aryl methyl sites for hydroxylation is 1. The molecule has 0 bridgehead atoms. The highest BCUT2D eigenvalue weighted by molar-refractivity contribution is 5.78. The molecular weight excluding hydrogens is 240 g/mol. The number of hydrogen-bond acceptors (Lipinski definition) is 3. The number of rotatable bonds is 5. The molecular formula is C15H22N2O2. The minimum Gasteiger partial charge on any atom is -0.496 e. The molecule has 1 heterocycles. The number of likely N-dealkylation sites (N-methyl/N-ethyl adjacent to an activating group) is 1. The minimum atomic E-state index is 0.287. The van der Waals surface area contributed by atoms with Gasteiger partial charge in [0.1, 0.15) is 5.75 Å². The quantitative estimate of drug-likeness (QED) is 0.814. The summed E-state index contributed by atoms with van der Waals surface area (Å²) in [6, 6.07) is 6.19. The van der Waals surface area contributed by atoms with Crippen molar-refractivity contribution < 1.29 is 9.53 Å². The highest BCUT2D eigenvalue weighted by atomic mass is 16.5. The summed E-state index contributed by atoms with van der Waals surface area (Å²) in [6.07, 6.45) is 1.71. The van der Waals surface area contributed by atoms with E-state index in [2.05, 4.69) is 17.0 Å². The summed E-state index contributed by atoms with van der Waals surface area (Å²) in [5.74, 6) is 1.19. The van der Waals surface area contributed by atoms with Gasteiger partial charge >= 0.3 is 0 Å². The first-order valence-corrected chi connectivity index (χ1v) is 6.75.